The van der Waals surface area contributed by atoms with Crippen molar-refractivity contribution in [3.05, 3.63) is 53.1 Å². The SMILES string of the molecule is COc1cc(/C=N\N2CCN(Cc3ccc(C)cc3)CC2)cc(OC)c1O. The van der Waals surface area contributed by atoms with Crippen molar-refractivity contribution in [2.45, 2.75) is 13.5 Å². The molecule has 0 radical (unpaired) electrons. The number of methoxy groups -OCH3 is 2. The molecule has 1 fully saturated rings. The van der Waals surface area contributed by atoms with Crippen LogP contribution in [0.2, 0.25) is 0 Å². The normalized spacial score (nSPS) is 15.3. The highest BCUT2D eigenvalue weighted by atomic mass is 16.5. The molecule has 1 N–H and O–H groups in total. The van der Waals surface area contributed by atoms with Gasteiger partial charge in [-0.05, 0) is 24.6 Å². The quantitative estimate of drug-likeness (QED) is 0.794. The molecular weight excluding hydrogens is 342 g/mol. The first-order valence-corrected chi connectivity index (χ1v) is 9.11. The molecule has 1 saturated heterocycles. The Morgan fingerprint density at radius 3 is 2.15 bits per heavy atom. The van der Waals surface area contributed by atoms with Gasteiger partial charge in [-0.3, -0.25) is 9.91 Å². The molecule has 3 rings (SSSR count). The minimum Gasteiger partial charge on any atom is -0.502 e. The Kier molecular flexibility index (Phi) is 6.19. The van der Waals surface area contributed by atoms with Gasteiger partial charge in [-0.2, -0.15) is 5.10 Å². The van der Waals surface area contributed by atoms with Gasteiger partial charge in [-0.25, -0.2) is 0 Å². The molecule has 0 amide bonds. The molecule has 1 aliphatic heterocycles. The maximum atomic E-state index is 9.99. The zero-order valence-electron chi connectivity index (χ0n) is 16.2. The first-order chi connectivity index (χ1) is 13.1. The summed E-state index contributed by atoms with van der Waals surface area (Å²) in [5.74, 6) is 0.749. The maximum absolute atomic E-state index is 9.99. The summed E-state index contributed by atoms with van der Waals surface area (Å²) in [7, 11) is 3.03. The Bertz CT molecular complexity index is 757. The van der Waals surface area contributed by atoms with Crippen molar-refractivity contribution in [1.82, 2.24) is 9.91 Å². The van der Waals surface area contributed by atoms with E-state index in [1.54, 1.807) is 18.3 Å². The molecule has 0 spiro atoms. The van der Waals surface area contributed by atoms with Crippen molar-refractivity contribution in [2.75, 3.05) is 40.4 Å². The molecule has 0 bridgehead atoms. The van der Waals surface area contributed by atoms with E-state index in [0.29, 0.717) is 11.5 Å². The average molecular weight is 369 g/mol. The zero-order valence-corrected chi connectivity index (χ0v) is 16.2. The second-order valence-electron chi connectivity index (χ2n) is 6.73. The number of hydrogen-bond acceptors (Lipinski definition) is 6. The fourth-order valence-corrected chi connectivity index (χ4v) is 3.10. The molecule has 1 heterocycles. The lowest BCUT2D eigenvalue weighted by Crippen LogP contribution is -2.43. The summed E-state index contributed by atoms with van der Waals surface area (Å²) in [5.41, 5.74) is 3.46. The van der Waals surface area contributed by atoms with Gasteiger partial charge in [0.05, 0.1) is 20.4 Å². The summed E-state index contributed by atoms with van der Waals surface area (Å²) in [4.78, 5) is 2.45. The van der Waals surface area contributed by atoms with Gasteiger partial charge in [0.2, 0.25) is 5.75 Å². The molecule has 0 aliphatic carbocycles. The van der Waals surface area contributed by atoms with E-state index in [0.717, 1.165) is 38.3 Å². The first kappa shape index (κ1) is 19.0. The molecule has 2 aromatic carbocycles. The molecule has 0 unspecified atom stereocenters. The Morgan fingerprint density at radius 1 is 1.00 bits per heavy atom. The molecule has 1 aliphatic rings. The fourth-order valence-electron chi connectivity index (χ4n) is 3.10. The highest BCUT2D eigenvalue weighted by Gasteiger charge is 2.16. The molecule has 0 aromatic heterocycles. The Hall–Kier alpha value is -2.73. The van der Waals surface area contributed by atoms with Crippen LogP contribution in [0.3, 0.4) is 0 Å². The van der Waals surface area contributed by atoms with E-state index in [4.69, 9.17) is 9.47 Å². The Balaban J connectivity index is 1.56. The summed E-state index contributed by atoms with van der Waals surface area (Å²) in [6.07, 6.45) is 1.78. The number of nitrogens with zero attached hydrogens (tertiary/aromatic N) is 3. The van der Waals surface area contributed by atoms with Crippen LogP contribution in [0.1, 0.15) is 16.7 Å². The van der Waals surface area contributed by atoms with Crippen LogP contribution in [0.15, 0.2) is 41.5 Å². The number of aromatic hydroxyl groups is 1. The first-order valence-electron chi connectivity index (χ1n) is 9.11. The van der Waals surface area contributed by atoms with Crippen LogP contribution in [0.25, 0.3) is 0 Å². The van der Waals surface area contributed by atoms with Crippen LogP contribution < -0.4 is 9.47 Å². The monoisotopic (exact) mass is 369 g/mol. The molecular formula is C21H27N3O3. The number of phenols is 1. The lowest BCUT2D eigenvalue weighted by atomic mass is 10.1. The van der Waals surface area contributed by atoms with Crippen molar-refractivity contribution < 1.29 is 14.6 Å². The van der Waals surface area contributed by atoms with Crippen molar-refractivity contribution in [3.8, 4) is 17.2 Å². The van der Waals surface area contributed by atoms with Gasteiger partial charge in [-0.15, -0.1) is 0 Å². The van der Waals surface area contributed by atoms with E-state index in [9.17, 15) is 5.11 Å². The third-order valence-electron chi connectivity index (χ3n) is 4.75. The average Bonchev–Trinajstić information content (AvgIpc) is 2.70. The molecule has 6 nitrogen and oxygen atoms in total. The third-order valence-corrected chi connectivity index (χ3v) is 4.75. The van der Waals surface area contributed by atoms with Crippen molar-refractivity contribution >= 4 is 6.21 Å². The number of hydrazone groups is 1. The summed E-state index contributed by atoms with van der Waals surface area (Å²) in [6, 6.07) is 12.2. The zero-order chi connectivity index (χ0) is 19.2. The lowest BCUT2D eigenvalue weighted by Gasteiger charge is -2.33. The van der Waals surface area contributed by atoms with Gasteiger partial charge >= 0.3 is 0 Å². The number of benzene rings is 2. The lowest BCUT2D eigenvalue weighted by molar-refractivity contribution is 0.131. The molecule has 0 saturated carbocycles. The molecule has 0 atom stereocenters. The summed E-state index contributed by atoms with van der Waals surface area (Å²) in [5, 5.41) is 16.6. The van der Waals surface area contributed by atoms with Crippen molar-refractivity contribution in [3.63, 3.8) is 0 Å². The number of rotatable bonds is 6. The van der Waals surface area contributed by atoms with Crippen LogP contribution in [0, 0.1) is 6.92 Å². The number of aryl methyl sites for hydroxylation is 1. The predicted octanol–water partition coefficient (Wildman–Crippen LogP) is 2.87. The van der Waals surface area contributed by atoms with Crippen molar-refractivity contribution in [1.29, 1.82) is 0 Å². The smallest absolute Gasteiger partial charge is 0.200 e. The van der Waals surface area contributed by atoms with E-state index in [1.807, 2.05) is 0 Å². The number of ether oxygens (including phenoxy) is 2. The highest BCUT2D eigenvalue weighted by Crippen LogP contribution is 2.36. The van der Waals surface area contributed by atoms with Crippen molar-refractivity contribution in [2.24, 2.45) is 5.10 Å². The van der Waals surface area contributed by atoms with Gasteiger partial charge in [-0.1, -0.05) is 29.8 Å². The number of piperazine rings is 1. The standard InChI is InChI=1S/C21H27N3O3/c1-16-4-6-17(7-5-16)15-23-8-10-24(11-9-23)22-14-18-12-19(26-2)21(25)20(13-18)27-3/h4-7,12-14,25H,8-11,15H2,1-3H3/b22-14-. The van der Waals surface area contributed by atoms with Gasteiger partial charge in [0.15, 0.2) is 11.5 Å². The molecule has 27 heavy (non-hydrogen) atoms. The minimum absolute atomic E-state index is 0.00173. The number of hydrogen-bond donors (Lipinski definition) is 1. The van der Waals surface area contributed by atoms with Crippen LogP contribution in [-0.4, -0.2) is 61.6 Å². The van der Waals surface area contributed by atoms with E-state index in [1.165, 1.54) is 25.3 Å². The van der Waals surface area contributed by atoms with E-state index >= 15 is 0 Å². The van der Waals surface area contributed by atoms with Gasteiger partial charge < -0.3 is 14.6 Å². The topological polar surface area (TPSA) is 57.5 Å². The second-order valence-corrected chi connectivity index (χ2v) is 6.73. The van der Waals surface area contributed by atoms with E-state index < -0.39 is 0 Å². The summed E-state index contributed by atoms with van der Waals surface area (Å²) < 4.78 is 10.4. The van der Waals surface area contributed by atoms with Crippen LogP contribution in [0.4, 0.5) is 0 Å². The maximum Gasteiger partial charge on any atom is 0.200 e. The van der Waals surface area contributed by atoms with Crippen LogP contribution in [0.5, 0.6) is 17.2 Å². The summed E-state index contributed by atoms with van der Waals surface area (Å²) in [6.45, 7) is 6.81. The van der Waals surface area contributed by atoms with Crippen LogP contribution >= 0.6 is 0 Å². The molecule has 2 aromatic rings. The van der Waals surface area contributed by atoms with E-state index in [2.05, 4.69) is 46.2 Å². The molecule has 144 valence electrons. The Morgan fingerprint density at radius 2 is 1.59 bits per heavy atom. The minimum atomic E-state index is 0.00173. The van der Waals surface area contributed by atoms with Gasteiger partial charge in [0.1, 0.15) is 0 Å². The van der Waals surface area contributed by atoms with Gasteiger partial charge in [0, 0.05) is 38.3 Å². The third kappa shape index (κ3) is 4.92. The summed E-state index contributed by atoms with van der Waals surface area (Å²) >= 11 is 0. The Labute approximate surface area is 160 Å². The van der Waals surface area contributed by atoms with Gasteiger partial charge in [0.25, 0.3) is 0 Å². The molecule has 6 heteroatoms. The van der Waals surface area contributed by atoms with E-state index in [-0.39, 0.29) is 5.75 Å². The highest BCUT2D eigenvalue weighted by molar-refractivity contribution is 5.82. The fraction of sp³-hybridized carbons (Fsp3) is 0.381. The second kappa shape index (κ2) is 8.77. The number of phenolic OH excluding ortho intramolecular Hbond substituents is 1. The predicted molar refractivity (Wildman–Crippen MR) is 107 cm³/mol. The van der Waals surface area contributed by atoms with Crippen LogP contribution in [-0.2, 0) is 6.54 Å². The largest absolute Gasteiger partial charge is 0.502 e.